The molecule has 2 aromatic carbocycles. The highest BCUT2D eigenvalue weighted by Crippen LogP contribution is 2.15. The first-order valence-corrected chi connectivity index (χ1v) is 8.92. The summed E-state index contributed by atoms with van der Waals surface area (Å²) in [6.07, 6.45) is 2.56. The molecule has 25 heavy (non-hydrogen) atoms. The van der Waals surface area contributed by atoms with Gasteiger partial charge in [0, 0.05) is 13.1 Å². The smallest absolute Gasteiger partial charge is 0.227 e. The molecule has 0 aliphatic carbocycles. The van der Waals surface area contributed by atoms with Crippen LogP contribution in [0, 0.1) is 0 Å². The Hall–Kier alpha value is -2.33. The Labute approximate surface area is 149 Å². The zero-order chi connectivity index (χ0) is 17.3. The average molecular weight is 339 g/mol. The first-order chi connectivity index (χ1) is 12.3. The third-order valence-corrected chi connectivity index (χ3v) is 4.38. The molecule has 1 amide bonds. The van der Waals surface area contributed by atoms with Gasteiger partial charge in [0.15, 0.2) is 0 Å². The highest BCUT2D eigenvalue weighted by molar-refractivity contribution is 5.78. The van der Waals surface area contributed by atoms with Gasteiger partial charge in [-0.2, -0.15) is 0 Å². The van der Waals surface area contributed by atoms with E-state index in [1.54, 1.807) is 0 Å². The molecule has 0 aromatic heterocycles. The highest BCUT2D eigenvalue weighted by atomic mass is 16.5. The molecule has 1 fully saturated rings. The van der Waals surface area contributed by atoms with Crippen LogP contribution in [-0.2, 0) is 16.0 Å². The second-order valence-electron chi connectivity index (χ2n) is 6.30. The zero-order valence-corrected chi connectivity index (χ0v) is 14.5. The molecule has 2 aromatic rings. The Bertz CT molecular complexity index is 645. The Balaban J connectivity index is 1.39. The van der Waals surface area contributed by atoms with Crippen molar-refractivity contribution in [2.24, 2.45) is 0 Å². The zero-order valence-electron chi connectivity index (χ0n) is 14.5. The first-order valence-electron chi connectivity index (χ1n) is 8.92. The van der Waals surface area contributed by atoms with E-state index in [0.717, 1.165) is 30.7 Å². The van der Waals surface area contributed by atoms with E-state index >= 15 is 0 Å². The van der Waals surface area contributed by atoms with Crippen LogP contribution in [0.25, 0.3) is 0 Å². The number of rotatable bonds is 7. The quantitative estimate of drug-likeness (QED) is 0.727. The van der Waals surface area contributed by atoms with Crippen LogP contribution >= 0.6 is 0 Å². The summed E-state index contributed by atoms with van der Waals surface area (Å²) < 4.78 is 11.6. The molecule has 1 heterocycles. The maximum atomic E-state index is 12.5. The van der Waals surface area contributed by atoms with Crippen molar-refractivity contribution < 1.29 is 14.3 Å². The van der Waals surface area contributed by atoms with Gasteiger partial charge in [-0.25, -0.2) is 0 Å². The number of benzene rings is 2. The van der Waals surface area contributed by atoms with Crippen molar-refractivity contribution in [3.05, 3.63) is 66.2 Å². The van der Waals surface area contributed by atoms with Gasteiger partial charge in [0.05, 0.1) is 19.1 Å². The normalized spacial score (nSPS) is 17.3. The van der Waals surface area contributed by atoms with Gasteiger partial charge in [-0.1, -0.05) is 48.5 Å². The predicted octanol–water partition coefficient (Wildman–Crippen LogP) is 3.32. The molecule has 1 aliphatic rings. The molecule has 1 saturated heterocycles. The summed E-state index contributed by atoms with van der Waals surface area (Å²) in [6, 6.07) is 19.6. The monoisotopic (exact) mass is 339 g/mol. The average Bonchev–Trinajstić information content (AvgIpc) is 2.67. The lowest BCUT2D eigenvalue weighted by molar-refractivity contribution is -0.134. The van der Waals surface area contributed by atoms with Crippen molar-refractivity contribution in [1.29, 1.82) is 0 Å². The molecule has 1 atom stereocenters. The molecule has 1 unspecified atom stereocenters. The molecule has 4 heteroatoms. The fourth-order valence-electron chi connectivity index (χ4n) is 3.07. The van der Waals surface area contributed by atoms with Gasteiger partial charge in [0.2, 0.25) is 5.91 Å². The SMILES string of the molecule is O=C(Cc1ccccc1)N1CCCC(OCCOc2ccccc2)C1. The minimum absolute atomic E-state index is 0.104. The Morgan fingerprint density at radius 3 is 2.48 bits per heavy atom. The number of carbonyl (C=O) groups is 1. The van der Waals surface area contributed by atoms with Crippen molar-refractivity contribution in [1.82, 2.24) is 4.90 Å². The van der Waals surface area contributed by atoms with Crippen LogP contribution < -0.4 is 4.74 Å². The van der Waals surface area contributed by atoms with Crippen LogP contribution in [0.5, 0.6) is 5.75 Å². The van der Waals surface area contributed by atoms with Gasteiger partial charge in [0.25, 0.3) is 0 Å². The summed E-state index contributed by atoms with van der Waals surface area (Å²) in [5.74, 6) is 1.04. The molecule has 0 N–H and O–H groups in total. The summed E-state index contributed by atoms with van der Waals surface area (Å²) >= 11 is 0. The number of nitrogens with zero attached hydrogens (tertiary/aromatic N) is 1. The number of likely N-dealkylation sites (tertiary alicyclic amines) is 1. The van der Waals surface area contributed by atoms with E-state index in [4.69, 9.17) is 9.47 Å². The Morgan fingerprint density at radius 1 is 1.00 bits per heavy atom. The molecule has 4 nitrogen and oxygen atoms in total. The Kier molecular flexibility index (Phi) is 6.46. The Morgan fingerprint density at radius 2 is 1.72 bits per heavy atom. The fourth-order valence-corrected chi connectivity index (χ4v) is 3.07. The summed E-state index contributed by atoms with van der Waals surface area (Å²) in [7, 11) is 0. The number of ether oxygens (including phenoxy) is 2. The summed E-state index contributed by atoms with van der Waals surface area (Å²) in [5, 5.41) is 0. The lowest BCUT2D eigenvalue weighted by atomic mass is 10.1. The lowest BCUT2D eigenvalue weighted by Crippen LogP contribution is -2.44. The minimum Gasteiger partial charge on any atom is -0.491 e. The van der Waals surface area contributed by atoms with Crippen LogP contribution in [0.2, 0.25) is 0 Å². The van der Waals surface area contributed by atoms with Gasteiger partial charge in [0.1, 0.15) is 12.4 Å². The van der Waals surface area contributed by atoms with Crippen LogP contribution in [0.4, 0.5) is 0 Å². The molecular formula is C21H25NO3. The van der Waals surface area contributed by atoms with E-state index in [2.05, 4.69) is 0 Å². The van der Waals surface area contributed by atoms with Crippen LogP contribution in [0.3, 0.4) is 0 Å². The predicted molar refractivity (Wildman–Crippen MR) is 97.6 cm³/mol. The number of hydrogen-bond donors (Lipinski definition) is 0. The van der Waals surface area contributed by atoms with Crippen molar-refractivity contribution >= 4 is 5.91 Å². The highest BCUT2D eigenvalue weighted by Gasteiger charge is 2.24. The second-order valence-corrected chi connectivity index (χ2v) is 6.30. The van der Waals surface area contributed by atoms with E-state index in [9.17, 15) is 4.79 Å². The summed E-state index contributed by atoms with van der Waals surface area (Å²) in [5.41, 5.74) is 1.06. The van der Waals surface area contributed by atoms with Gasteiger partial charge < -0.3 is 14.4 Å². The van der Waals surface area contributed by atoms with E-state index in [0.29, 0.717) is 26.2 Å². The summed E-state index contributed by atoms with van der Waals surface area (Å²) in [4.78, 5) is 14.4. The van der Waals surface area contributed by atoms with Crippen molar-refractivity contribution in [3.63, 3.8) is 0 Å². The molecule has 0 radical (unpaired) electrons. The van der Waals surface area contributed by atoms with Crippen LogP contribution in [-0.4, -0.2) is 43.2 Å². The molecule has 0 spiro atoms. The molecular weight excluding hydrogens is 314 g/mol. The van der Waals surface area contributed by atoms with Gasteiger partial charge in [-0.15, -0.1) is 0 Å². The number of para-hydroxylation sites is 1. The molecule has 3 rings (SSSR count). The second kappa shape index (κ2) is 9.23. The molecule has 132 valence electrons. The van der Waals surface area contributed by atoms with Gasteiger partial charge >= 0.3 is 0 Å². The van der Waals surface area contributed by atoms with Crippen molar-refractivity contribution in [2.45, 2.75) is 25.4 Å². The number of piperidine rings is 1. The van der Waals surface area contributed by atoms with E-state index < -0.39 is 0 Å². The minimum atomic E-state index is 0.104. The van der Waals surface area contributed by atoms with E-state index in [1.807, 2.05) is 65.6 Å². The molecule has 0 bridgehead atoms. The maximum Gasteiger partial charge on any atom is 0.227 e. The number of amides is 1. The number of hydrogen-bond acceptors (Lipinski definition) is 3. The third-order valence-electron chi connectivity index (χ3n) is 4.38. The van der Waals surface area contributed by atoms with Crippen LogP contribution in [0.1, 0.15) is 18.4 Å². The fraction of sp³-hybridized carbons (Fsp3) is 0.381. The van der Waals surface area contributed by atoms with Crippen molar-refractivity contribution in [3.8, 4) is 5.75 Å². The van der Waals surface area contributed by atoms with Crippen molar-refractivity contribution in [2.75, 3.05) is 26.3 Å². The van der Waals surface area contributed by atoms with Gasteiger partial charge in [-0.05, 0) is 30.5 Å². The molecule has 1 aliphatic heterocycles. The molecule has 0 saturated carbocycles. The van der Waals surface area contributed by atoms with Crippen LogP contribution in [0.15, 0.2) is 60.7 Å². The third kappa shape index (κ3) is 5.61. The summed E-state index contributed by atoms with van der Waals surface area (Å²) in [6.45, 7) is 2.57. The maximum absolute atomic E-state index is 12.5. The largest absolute Gasteiger partial charge is 0.491 e. The topological polar surface area (TPSA) is 38.8 Å². The number of carbonyl (C=O) groups excluding carboxylic acids is 1. The standard InChI is InChI=1S/C21H25NO3/c23-21(16-18-8-3-1-4-9-18)22-13-7-12-20(17-22)25-15-14-24-19-10-5-2-6-11-19/h1-6,8-11,20H,7,12-17H2. The first kappa shape index (κ1) is 17.5. The van der Waals surface area contributed by atoms with Gasteiger partial charge in [-0.3, -0.25) is 4.79 Å². The lowest BCUT2D eigenvalue weighted by Gasteiger charge is -2.32. The van der Waals surface area contributed by atoms with E-state index in [1.165, 1.54) is 0 Å². The van der Waals surface area contributed by atoms with E-state index in [-0.39, 0.29) is 12.0 Å².